The van der Waals surface area contributed by atoms with Gasteiger partial charge in [0.25, 0.3) is 0 Å². The van der Waals surface area contributed by atoms with Gasteiger partial charge in [-0.05, 0) is 24.6 Å². The Labute approximate surface area is 115 Å². The maximum Gasteiger partial charge on any atom is 0.343 e. The van der Waals surface area contributed by atoms with E-state index in [1.165, 1.54) is 18.3 Å². The molecule has 2 rings (SSSR count). The van der Waals surface area contributed by atoms with E-state index in [4.69, 9.17) is 10.5 Å². The van der Waals surface area contributed by atoms with Crippen LogP contribution in [0.5, 0.6) is 0 Å². The summed E-state index contributed by atoms with van der Waals surface area (Å²) in [6, 6.07) is 6.03. The van der Waals surface area contributed by atoms with Crippen molar-refractivity contribution in [3.05, 3.63) is 53.2 Å². The third kappa shape index (κ3) is 3.28. The van der Waals surface area contributed by atoms with E-state index in [9.17, 15) is 9.18 Å². The lowest BCUT2D eigenvalue weighted by molar-refractivity contribution is 0.0526. The van der Waals surface area contributed by atoms with E-state index in [0.717, 1.165) is 5.56 Å². The molecule has 1 heterocycles. The highest BCUT2D eigenvalue weighted by Gasteiger charge is 2.13. The minimum Gasteiger partial charge on any atom is -0.462 e. The summed E-state index contributed by atoms with van der Waals surface area (Å²) in [5.41, 5.74) is 6.72. The Morgan fingerprint density at radius 1 is 1.35 bits per heavy atom. The van der Waals surface area contributed by atoms with Crippen molar-refractivity contribution in [2.24, 2.45) is 0 Å². The molecule has 0 saturated carbocycles. The van der Waals surface area contributed by atoms with Gasteiger partial charge in [0.1, 0.15) is 23.0 Å². The number of carbonyl (C=O) groups excluding carboxylic acids is 1. The van der Waals surface area contributed by atoms with E-state index < -0.39 is 5.97 Å². The summed E-state index contributed by atoms with van der Waals surface area (Å²) in [6.45, 7) is 1.97. The number of carbonyl (C=O) groups is 1. The van der Waals surface area contributed by atoms with E-state index >= 15 is 0 Å². The molecule has 1 aromatic heterocycles. The molecule has 1 aromatic carbocycles. The van der Waals surface area contributed by atoms with E-state index in [1.807, 2.05) is 0 Å². The van der Waals surface area contributed by atoms with E-state index in [-0.39, 0.29) is 23.8 Å². The van der Waals surface area contributed by atoms with Gasteiger partial charge in [0.2, 0.25) is 0 Å². The lowest BCUT2D eigenvalue weighted by Crippen LogP contribution is -2.12. The zero-order valence-corrected chi connectivity index (χ0v) is 11.0. The number of nitrogen functional groups attached to an aromatic ring is 1. The van der Waals surface area contributed by atoms with Crippen LogP contribution in [0, 0.1) is 5.82 Å². The molecule has 5 nitrogen and oxygen atoms in total. The molecule has 0 atom stereocenters. The Kier molecular flexibility index (Phi) is 4.24. The average Bonchev–Trinajstić information content (AvgIpc) is 2.42. The van der Waals surface area contributed by atoms with Crippen LogP contribution < -0.4 is 5.73 Å². The molecule has 0 aliphatic rings. The Morgan fingerprint density at radius 3 is 2.65 bits per heavy atom. The lowest BCUT2D eigenvalue weighted by atomic mass is 10.1. The Morgan fingerprint density at radius 2 is 2.05 bits per heavy atom. The highest BCUT2D eigenvalue weighted by Crippen LogP contribution is 2.12. The number of benzene rings is 1. The molecule has 0 unspecified atom stereocenters. The van der Waals surface area contributed by atoms with E-state index in [1.54, 1.807) is 19.1 Å². The molecule has 20 heavy (non-hydrogen) atoms. The molecule has 0 aliphatic heterocycles. The standard InChI is InChI=1S/C14H14FN3O2/c1-2-20-14(19)11-8-17-12(18-13(11)16)7-9-3-5-10(15)6-4-9/h3-6,8H,2,7H2,1H3,(H2,16,17,18). The summed E-state index contributed by atoms with van der Waals surface area (Å²) in [5, 5.41) is 0. The van der Waals surface area contributed by atoms with Crippen LogP contribution in [0.1, 0.15) is 28.7 Å². The van der Waals surface area contributed by atoms with Gasteiger partial charge in [0.05, 0.1) is 6.61 Å². The van der Waals surface area contributed by atoms with Gasteiger partial charge in [-0.3, -0.25) is 0 Å². The number of halogens is 1. The van der Waals surface area contributed by atoms with Gasteiger partial charge in [-0.2, -0.15) is 0 Å². The summed E-state index contributed by atoms with van der Waals surface area (Å²) in [7, 11) is 0. The molecule has 104 valence electrons. The third-order valence-electron chi connectivity index (χ3n) is 2.64. The van der Waals surface area contributed by atoms with Crippen LogP contribution in [0.2, 0.25) is 0 Å². The van der Waals surface area contributed by atoms with Crippen molar-refractivity contribution in [3.8, 4) is 0 Å². The summed E-state index contributed by atoms with van der Waals surface area (Å²) in [6.07, 6.45) is 1.76. The number of hydrogen-bond acceptors (Lipinski definition) is 5. The number of nitrogens with zero attached hydrogens (tertiary/aromatic N) is 2. The fourth-order valence-corrected chi connectivity index (χ4v) is 1.67. The fraction of sp³-hybridized carbons (Fsp3) is 0.214. The van der Waals surface area contributed by atoms with Crippen LogP contribution in [-0.4, -0.2) is 22.5 Å². The highest BCUT2D eigenvalue weighted by molar-refractivity contribution is 5.93. The minimum atomic E-state index is -0.543. The van der Waals surface area contributed by atoms with Crippen molar-refractivity contribution in [2.45, 2.75) is 13.3 Å². The maximum atomic E-state index is 12.8. The predicted octanol–water partition coefficient (Wildman–Crippen LogP) is 1.97. The molecule has 2 N–H and O–H groups in total. The van der Waals surface area contributed by atoms with Crippen molar-refractivity contribution in [3.63, 3.8) is 0 Å². The van der Waals surface area contributed by atoms with Gasteiger partial charge in [-0.25, -0.2) is 19.2 Å². The fourth-order valence-electron chi connectivity index (χ4n) is 1.67. The van der Waals surface area contributed by atoms with Crippen LogP contribution in [-0.2, 0) is 11.2 Å². The van der Waals surface area contributed by atoms with Gasteiger partial charge >= 0.3 is 5.97 Å². The summed E-state index contributed by atoms with van der Waals surface area (Å²) in [5.74, 6) is -0.303. The van der Waals surface area contributed by atoms with Gasteiger partial charge in [0, 0.05) is 12.6 Å². The van der Waals surface area contributed by atoms with E-state index in [2.05, 4.69) is 9.97 Å². The number of rotatable bonds is 4. The second kappa shape index (κ2) is 6.10. The van der Waals surface area contributed by atoms with Crippen LogP contribution >= 0.6 is 0 Å². The maximum absolute atomic E-state index is 12.8. The van der Waals surface area contributed by atoms with Crippen molar-refractivity contribution in [1.82, 2.24) is 9.97 Å². The number of nitrogens with two attached hydrogens (primary N) is 1. The van der Waals surface area contributed by atoms with Crippen LogP contribution in [0.15, 0.2) is 30.5 Å². The molecule has 6 heteroatoms. The molecule has 0 fully saturated rings. The van der Waals surface area contributed by atoms with Gasteiger partial charge < -0.3 is 10.5 Å². The normalized spacial score (nSPS) is 10.3. The Bertz CT molecular complexity index is 614. The quantitative estimate of drug-likeness (QED) is 0.863. The summed E-state index contributed by atoms with van der Waals surface area (Å²) < 4.78 is 17.6. The second-order valence-electron chi connectivity index (χ2n) is 4.11. The smallest absolute Gasteiger partial charge is 0.343 e. The predicted molar refractivity (Wildman–Crippen MR) is 71.6 cm³/mol. The molecular formula is C14H14FN3O2. The van der Waals surface area contributed by atoms with Gasteiger partial charge in [-0.1, -0.05) is 12.1 Å². The number of hydrogen-bond donors (Lipinski definition) is 1. The zero-order chi connectivity index (χ0) is 14.5. The number of anilines is 1. The molecule has 2 aromatic rings. The molecule has 0 bridgehead atoms. The molecule has 0 radical (unpaired) electrons. The number of aromatic nitrogens is 2. The Balaban J connectivity index is 2.16. The first-order chi connectivity index (χ1) is 9.60. The number of esters is 1. The van der Waals surface area contributed by atoms with Crippen molar-refractivity contribution >= 4 is 11.8 Å². The summed E-state index contributed by atoms with van der Waals surface area (Å²) >= 11 is 0. The topological polar surface area (TPSA) is 78.1 Å². The number of ether oxygens (including phenoxy) is 1. The lowest BCUT2D eigenvalue weighted by Gasteiger charge is -2.06. The van der Waals surface area contributed by atoms with Crippen LogP contribution in [0.3, 0.4) is 0 Å². The molecule has 0 spiro atoms. The van der Waals surface area contributed by atoms with Crippen molar-refractivity contribution in [1.29, 1.82) is 0 Å². The second-order valence-corrected chi connectivity index (χ2v) is 4.11. The first kappa shape index (κ1) is 13.9. The average molecular weight is 275 g/mol. The highest BCUT2D eigenvalue weighted by atomic mass is 19.1. The van der Waals surface area contributed by atoms with Crippen molar-refractivity contribution < 1.29 is 13.9 Å². The molecule has 0 amide bonds. The monoisotopic (exact) mass is 275 g/mol. The summed E-state index contributed by atoms with van der Waals surface area (Å²) in [4.78, 5) is 19.7. The largest absolute Gasteiger partial charge is 0.462 e. The minimum absolute atomic E-state index is 0.0792. The van der Waals surface area contributed by atoms with E-state index in [0.29, 0.717) is 12.2 Å². The molecule has 0 aliphatic carbocycles. The van der Waals surface area contributed by atoms with Gasteiger partial charge in [-0.15, -0.1) is 0 Å². The van der Waals surface area contributed by atoms with Gasteiger partial charge in [0.15, 0.2) is 0 Å². The van der Waals surface area contributed by atoms with Crippen molar-refractivity contribution in [2.75, 3.05) is 12.3 Å². The first-order valence-electron chi connectivity index (χ1n) is 6.13. The SMILES string of the molecule is CCOC(=O)c1cnc(Cc2ccc(F)cc2)nc1N. The molecular weight excluding hydrogens is 261 g/mol. The first-order valence-corrected chi connectivity index (χ1v) is 6.13. The van der Waals surface area contributed by atoms with Crippen LogP contribution in [0.4, 0.5) is 10.2 Å². The van der Waals surface area contributed by atoms with Crippen LogP contribution in [0.25, 0.3) is 0 Å². The molecule has 0 saturated heterocycles. The Hall–Kier alpha value is -2.50. The third-order valence-corrected chi connectivity index (χ3v) is 2.64. The zero-order valence-electron chi connectivity index (χ0n) is 11.0.